The van der Waals surface area contributed by atoms with Crippen molar-refractivity contribution in [1.29, 1.82) is 0 Å². The lowest BCUT2D eigenvalue weighted by molar-refractivity contribution is 0.627. The summed E-state index contributed by atoms with van der Waals surface area (Å²) < 4.78 is 13.1. The van der Waals surface area contributed by atoms with Crippen LogP contribution in [-0.4, -0.2) is 9.97 Å². The molecule has 0 bridgehead atoms. The second-order valence-corrected chi connectivity index (χ2v) is 4.31. The van der Waals surface area contributed by atoms with Gasteiger partial charge in [-0.25, -0.2) is 9.37 Å². The van der Waals surface area contributed by atoms with Gasteiger partial charge in [-0.3, -0.25) is 9.78 Å². The molecule has 6 heteroatoms. The molecule has 0 saturated heterocycles. The van der Waals surface area contributed by atoms with Crippen LogP contribution >= 0.6 is 15.9 Å². The Hall–Kier alpha value is -1.69. The van der Waals surface area contributed by atoms with Gasteiger partial charge in [0.2, 0.25) is 5.95 Å². The van der Waals surface area contributed by atoms with E-state index >= 15 is 0 Å². The molecule has 0 aliphatic rings. The third-order valence-electron chi connectivity index (χ3n) is 2.23. The van der Waals surface area contributed by atoms with Gasteiger partial charge in [-0.2, -0.15) is 0 Å². The number of anilines is 1. The lowest BCUT2D eigenvalue weighted by Gasteiger charge is -2.04. The molecule has 1 aromatic carbocycles. The van der Waals surface area contributed by atoms with Crippen LogP contribution in [0.4, 0.5) is 10.3 Å². The highest BCUT2D eigenvalue weighted by Gasteiger charge is 2.08. The van der Waals surface area contributed by atoms with Crippen LogP contribution in [0.25, 0.3) is 0 Å². The maximum Gasteiger partial charge on any atom is 0.266 e. The van der Waals surface area contributed by atoms with Crippen LogP contribution < -0.4 is 11.3 Å². The number of hydrogen-bond donors (Lipinski definition) is 2. The number of nitrogens with one attached hydrogen (secondary N) is 1. The van der Waals surface area contributed by atoms with E-state index in [1.54, 1.807) is 12.1 Å². The van der Waals surface area contributed by atoms with Gasteiger partial charge >= 0.3 is 0 Å². The van der Waals surface area contributed by atoms with Crippen molar-refractivity contribution in [2.45, 2.75) is 6.42 Å². The zero-order valence-electron chi connectivity index (χ0n) is 8.71. The van der Waals surface area contributed by atoms with E-state index in [9.17, 15) is 9.18 Å². The number of nitrogens with zero attached hydrogens (tertiary/aromatic N) is 1. The number of benzene rings is 1. The molecule has 4 nitrogen and oxygen atoms in total. The van der Waals surface area contributed by atoms with Crippen molar-refractivity contribution in [1.82, 2.24) is 9.97 Å². The van der Waals surface area contributed by atoms with Crippen LogP contribution in [0.1, 0.15) is 11.3 Å². The van der Waals surface area contributed by atoms with Gasteiger partial charge in [0.25, 0.3) is 5.56 Å². The Morgan fingerprint density at radius 3 is 2.65 bits per heavy atom. The minimum atomic E-state index is -0.324. The van der Waals surface area contributed by atoms with Crippen molar-refractivity contribution in [3.05, 3.63) is 56.2 Å². The molecule has 0 aliphatic heterocycles. The van der Waals surface area contributed by atoms with E-state index in [1.807, 2.05) is 0 Å². The number of hydrogen-bond acceptors (Lipinski definition) is 3. The van der Waals surface area contributed by atoms with Gasteiger partial charge in [0, 0.05) is 6.42 Å². The summed E-state index contributed by atoms with van der Waals surface area (Å²) in [6.45, 7) is 0. The van der Waals surface area contributed by atoms with Gasteiger partial charge in [-0.05, 0) is 33.6 Å². The topological polar surface area (TPSA) is 71.8 Å². The summed E-state index contributed by atoms with van der Waals surface area (Å²) in [6.07, 6.45) is 0.412. The predicted molar refractivity (Wildman–Crippen MR) is 66.2 cm³/mol. The summed E-state index contributed by atoms with van der Waals surface area (Å²) in [6, 6.07) is 6.00. The molecule has 17 heavy (non-hydrogen) atoms. The van der Waals surface area contributed by atoms with E-state index in [4.69, 9.17) is 5.73 Å². The number of rotatable bonds is 2. The number of halogens is 2. The lowest BCUT2D eigenvalue weighted by Crippen LogP contribution is -2.15. The van der Waals surface area contributed by atoms with Gasteiger partial charge in [0.15, 0.2) is 0 Å². The van der Waals surface area contributed by atoms with Crippen molar-refractivity contribution in [2.24, 2.45) is 0 Å². The first-order valence-corrected chi connectivity index (χ1v) is 5.64. The van der Waals surface area contributed by atoms with Crippen molar-refractivity contribution in [2.75, 3.05) is 5.73 Å². The molecular weight excluding hydrogens is 289 g/mol. The van der Waals surface area contributed by atoms with Crippen LogP contribution in [0.2, 0.25) is 0 Å². The van der Waals surface area contributed by atoms with Gasteiger partial charge in [0.1, 0.15) is 10.3 Å². The second-order valence-electron chi connectivity index (χ2n) is 3.52. The Balaban J connectivity index is 2.36. The highest BCUT2D eigenvalue weighted by Crippen LogP contribution is 2.15. The molecule has 0 aliphatic carbocycles. The predicted octanol–water partition coefficient (Wildman–Crippen LogP) is 1.84. The quantitative estimate of drug-likeness (QED) is 0.888. The lowest BCUT2D eigenvalue weighted by atomic mass is 10.1. The first kappa shape index (κ1) is 11.8. The van der Waals surface area contributed by atoms with Crippen LogP contribution in [0.5, 0.6) is 0 Å². The highest BCUT2D eigenvalue weighted by atomic mass is 79.9. The van der Waals surface area contributed by atoms with E-state index in [-0.39, 0.29) is 17.3 Å². The Morgan fingerprint density at radius 2 is 2.00 bits per heavy atom. The molecule has 0 fully saturated rings. The van der Waals surface area contributed by atoms with Crippen LogP contribution in [-0.2, 0) is 6.42 Å². The van der Waals surface area contributed by atoms with Gasteiger partial charge < -0.3 is 5.73 Å². The van der Waals surface area contributed by atoms with E-state index in [0.717, 1.165) is 5.56 Å². The van der Waals surface area contributed by atoms with Crippen LogP contribution in [0, 0.1) is 5.82 Å². The third kappa shape index (κ3) is 2.71. The highest BCUT2D eigenvalue weighted by molar-refractivity contribution is 9.10. The fourth-order valence-electron chi connectivity index (χ4n) is 1.44. The number of H-pyrrole nitrogens is 1. The fourth-order valence-corrected chi connectivity index (χ4v) is 1.77. The van der Waals surface area contributed by atoms with Gasteiger partial charge in [-0.1, -0.05) is 12.1 Å². The minimum Gasteiger partial charge on any atom is -0.369 e. The fraction of sp³-hybridized carbons (Fsp3) is 0.0909. The van der Waals surface area contributed by atoms with Crippen molar-refractivity contribution in [3.63, 3.8) is 0 Å². The first-order valence-electron chi connectivity index (χ1n) is 4.85. The molecule has 0 unspecified atom stereocenters. The molecule has 1 heterocycles. The molecule has 0 saturated carbocycles. The normalized spacial score (nSPS) is 10.5. The standard InChI is InChI=1S/C11H9BrFN3O/c12-9-8(15-11(14)16-10(9)17)5-6-1-3-7(13)4-2-6/h1-4H,5H2,(H3,14,15,16,17). The Morgan fingerprint density at radius 1 is 1.35 bits per heavy atom. The van der Waals surface area contributed by atoms with Gasteiger partial charge in [0.05, 0.1) is 5.69 Å². The molecule has 3 N–H and O–H groups in total. The minimum absolute atomic E-state index is 0.0651. The zero-order chi connectivity index (χ0) is 12.4. The van der Waals surface area contributed by atoms with Crippen LogP contribution in [0.3, 0.4) is 0 Å². The summed E-state index contributed by atoms with van der Waals surface area (Å²) >= 11 is 3.15. The van der Waals surface area contributed by atoms with E-state index in [1.165, 1.54) is 12.1 Å². The molecule has 0 spiro atoms. The van der Waals surface area contributed by atoms with Crippen molar-refractivity contribution in [3.8, 4) is 0 Å². The largest absolute Gasteiger partial charge is 0.369 e. The maximum atomic E-state index is 12.7. The molecular formula is C11H9BrFN3O. The third-order valence-corrected chi connectivity index (χ3v) is 3.05. The number of aromatic amines is 1. The number of nitrogens with two attached hydrogens (primary N) is 1. The molecule has 2 aromatic rings. The Kier molecular flexibility index (Phi) is 3.23. The molecule has 0 amide bonds. The Bertz CT molecular complexity index is 595. The van der Waals surface area contributed by atoms with E-state index in [0.29, 0.717) is 16.6 Å². The summed E-state index contributed by atoms with van der Waals surface area (Å²) in [5.74, 6) is -0.235. The van der Waals surface area contributed by atoms with E-state index in [2.05, 4.69) is 25.9 Å². The average Bonchev–Trinajstić information content (AvgIpc) is 2.28. The van der Waals surface area contributed by atoms with Crippen molar-refractivity contribution < 1.29 is 4.39 Å². The summed E-state index contributed by atoms with van der Waals surface area (Å²) in [5, 5.41) is 0. The number of aromatic nitrogens is 2. The molecule has 2 rings (SSSR count). The molecule has 0 radical (unpaired) electrons. The monoisotopic (exact) mass is 297 g/mol. The average molecular weight is 298 g/mol. The second kappa shape index (κ2) is 4.67. The summed E-state index contributed by atoms with van der Waals surface area (Å²) in [5.41, 5.74) is 6.51. The molecule has 1 aromatic heterocycles. The smallest absolute Gasteiger partial charge is 0.266 e. The molecule has 88 valence electrons. The van der Waals surface area contributed by atoms with Gasteiger partial charge in [-0.15, -0.1) is 0 Å². The van der Waals surface area contributed by atoms with Crippen LogP contribution in [0.15, 0.2) is 33.5 Å². The summed E-state index contributed by atoms with van der Waals surface area (Å²) in [4.78, 5) is 17.8. The SMILES string of the molecule is Nc1nc(Cc2ccc(F)cc2)c(Br)c(=O)[nH]1. The summed E-state index contributed by atoms with van der Waals surface area (Å²) in [7, 11) is 0. The zero-order valence-corrected chi connectivity index (χ0v) is 10.3. The maximum absolute atomic E-state index is 12.7. The number of nitrogen functional groups attached to an aromatic ring is 1. The van der Waals surface area contributed by atoms with Crippen molar-refractivity contribution >= 4 is 21.9 Å². The first-order chi connectivity index (χ1) is 8.06. The Labute approximate surface area is 105 Å². The molecule has 0 atom stereocenters. The van der Waals surface area contributed by atoms with E-state index < -0.39 is 0 Å².